The zero-order valence-electron chi connectivity index (χ0n) is 31.1. The first-order valence-electron chi connectivity index (χ1n) is 18.2. The summed E-state index contributed by atoms with van der Waals surface area (Å²) in [5, 5.41) is 5.54. The van der Waals surface area contributed by atoms with Gasteiger partial charge in [0.2, 0.25) is 0 Å². The molecule has 0 saturated heterocycles. The number of aliphatic imine (C=N–C) groups is 2. The zero-order valence-corrected chi connectivity index (χ0v) is 31.9. The standard InChI is InChI=1S/C43H43N5O5S/c1-26-16-33-35(44-22-31-17-28(24-47(31)41(33)49)27-9-11-30(12-10-27)46-43(2,3)4)20-37(26)52-13-7-14-53-39-21-36-34(19-38(39)51-5)42(50)48-25-29(18-32(48)23-45-36)40-8-6-15-54-40/h6,8-12,15-16,19-25,31-32,46H,7,13-14,17-18H2,1-5H3/t31-,32-/m0/s1. The Labute approximate surface area is 319 Å². The average Bonchev–Trinajstić information content (AvgIpc) is 3.91. The fourth-order valence-electron chi connectivity index (χ4n) is 7.21. The summed E-state index contributed by atoms with van der Waals surface area (Å²) in [5.74, 6) is 1.47. The third kappa shape index (κ3) is 7.03. The highest BCUT2D eigenvalue weighted by Gasteiger charge is 2.35. The molecule has 0 spiro atoms. The number of hydrogen-bond donors (Lipinski definition) is 1. The van der Waals surface area contributed by atoms with Crippen molar-refractivity contribution in [1.29, 1.82) is 0 Å². The highest BCUT2D eigenvalue weighted by atomic mass is 32.1. The molecule has 11 heteroatoms. The molecule has 1 N–H and O–H groups in total. The number of fused-ring (bicyclic) bond motifs is 4. The summed E-state index contributed by atoms with van der Waals surface area (Å²) in [6.07, 6.45) is 9.62. The molecule has 8 rings (SSSR count). The van der Waals surface area contributed by atoms with Crippen LogP contribution in [0.1, 0.15) is 76.8 Å². The van der Waals surface area contributed by atoms with Gasteiger partial charge in [0.15, 0.2) is 11.5 Å². The molecule has 1 aromatic heterocycles. The van der Waals surface area contributed by atoms with Crippen LogP contribution in [0, 0.1) is 6.92 Å². The van der Waals surface area contributed by atoms with E-state index in [2.05, 4.69) is 56.4 Å². The van der Waals surface area contributed by atoms with Crippen LogP contribution >= 0.6 is 11.3 Å². The summed E-state index contributed by atoms with van der Waals surface area (Å²) >= 11 is 1.67. The molecular weight excluding hydrogens is 699 g/mol. The van der Waals surface area contributed by atoms with E-state index in [4.69, 9.17) is 24.2 Å². The molecule has 0 fully saturated rings. The number of ether oxygens (including phenoxy) is 3. The molecule has 4 aliphatic rings. The first kappa shape index (κ1) is 35.4. The Morgan fingerprint density at radius 1 is 0.796 bits per heavy atom. The van der Waals surface area contributed by atoms with Crippen molar-refractivity contribution < 1.29 is 23.8 Å². The summed E-state index contributed by atoms with van der Waals surface area (Å²) in [6, 6.07) is 19.4. The predicted molar refractivity (Wildman–Crippen MR) is 215 cm³/mol. The summed E-state index contributed by atoms with van der Waals surface area (Å²) in [6.45, 7) is 9.09. The van der Waals surface area contributed by atoms with Crippen LogP contribution in [0.2, 0.25) is 0 Å². The van der Waals surface area contributed by atoms with Gasteiger partial charge in [-0.05, 0) is 85.7 Å². The number of anilines is 1. The lowest BCUT2D eigenvalue weighted by Gasteiger charge is -2.22. The first-order chi connectivity index (χ1) is 26.0. The third-order valence-corrected chi connectivity index (χ3v) is 10.8. The largest absolute Gasteiger partial charge is 0.493 e. The summed E-state index contributed by atoms with van der Waals surface area (Å²) in [7, 11) is 1.56. The second-order valence-corrected chi connectivity index (χ2v) is 15.9. The quantitative estimate of drug-likeness (QED) is 0.163. The van der Waals surface area contributed by atoms with Crippen molar-refractivity contribution in [3.8, 4) is 17.2 Å². The summed E-state index contributed by atoms with van der Waals surface area (Å²) in [5.41, 5.74) is 7.41. The van der Waals surface area contributed by atoms with Crippen LogP contribution in [-0.4, -0.2) is 72.0 Å². The van der Waals surface area contributed by atoms with Crippen LogP contribution in [-0.2, 0) is 0 Å². The van der Waals surface area contributed by atoms with Crippen molar-refractivity contribution in [3.05, 3.63) is 106 Å². The molecule has 0 unspecified atom stereocenters. The van der Waals surface area contributed by atoms with Crippen molar-refractivity contribution in [1.82, 2.24) is 9.80 Å². The fourth-order valence-corrected chi connectivity index (χ4v) is 7.96. The maximum absolute atomic E-state index is 13.8. The van der Waals surface area contributed by atoms with Gasteiger partial charge in [0, 0.05) is 72.3 Å². The number of nitrogens with zero attached hydrogens (tertiary/aromatic N) is 4. The van der Waals surface area contributed by atoms with Gasteiger partial charge < -0.3 is 29.3 Å². The SMILES string of the molecule is COc1cc2c(cc1OCCCOc1cc3c(cc1C)C(=O)N1C=C(c4ccc(NC(C)(C)C)cc4)C[C@H]1C=N3)N=C[C@@H]1CC(c3cccs3)=CN1C2=O. The number of nitrogens with one attached hydrogen (secondary N) is 1. The van der Waals surface area contributed by atoms with Crippen molar-refractivity contribution in [2.45, 2.75) is 64.6 Å². The molecule has 5 heterocycles. The van der Waals surface area contributed by atoms with Crippen molar-refractivity contribution in [2.75, 3.05) is 25.6 Å². The average molecular weight is 742 g/mol. The number of thiophene rings is 1. The second-order valence-electron chi connectivity index (χ2n) is 15.0. The molecular formula is C43H43N5O5S. The van der Waals surface area contributed by atoms with Crippen LogP contribution < -0.4 is 19.5 Å². The van der Waals surface area contributed by atoms with Crippen molar-refractivity contribution >= 4 is 63.8 Å². The van der Waals surface area contributed by atoms with Crippen LogP contribution in [0.4, 0.5) is 17.1 Å². The Morgan fingerprint density at radius 3 is 2.04 bits per heavy atom. The Hall–Kier alpha value is -5.68. The van der Waals surface area contributed by atoms with Gasteiger partial charge in [0.1, 0.15) is 5.75 Å². The zero-order chi connectivity index (χ0) is 37.6. The number of carbonyl (C=O) groups is 2. The smallest absolute Gasteiger partial charge is 0.260 e. The molecule has 0 saturated carbocycles. The molecule has 10 nitrogen and oxygen atoms in total. The Kier molecular flexibility index (Phi) is 9.35. The van der Waals surface area contributed by atoms with Gasteiger partial charge in [0.25, 0.3) is 11.8 Å². The van der Waals surface area contributed by atoms with Gasteiger partial charge in [-0.1, -0.05) is 18.2 Å². The minimum absolute atomic E-state index is 0.0226. The number of amides is 2. The lowest BCUT2D eigenvalue weighted by atomic mass is 10.0. The molecule has 0 aliphatic carbocycles. The van der Waals surface area contributed by atoms with Crippen LogP contribution in [0.15, 0.2) is 88.4 Å². The minimum atomic E-state index is -0.152. The molecule has 276 valence electrons. The van der Waals surface area contributed by atoms with Crippen molar-refractivity contribution in [2.24, 2.45) is 9.98 Å². The van der Waals surface area contributed by atoms with E-state index in [-0.39, 0.29) is 29.4 Å². The Balaban J connectivity index is 0.887. The number of carbonyl (C=O) groups excluding carboxylic acids is 2. The minimum Gasteiger partial charge on any atom is -0.493 e. The number of methoxy groups -OCH3 is 1. The van der Waals surface area contributed by atoms with E-state index < -0.39 is 0 Å². The molecule has 0 radical (unpaired) electrons. The van der Waals surface area contributed by atoms with E-state index >= 15 is 0 Å². The van der Waals surface area contributed by atoms with E-state index in [1.165, 1.54) is 0 Å². The number of benzene rings is 3. The predicted octanol–water partition coefficient (Wildman–Crippen LogP) is 9.07. The molecule has 4 aromatic rings. The van der Waals surface area contributed by atoms with E-state index in [9.17, 15) is 9.59 Å². The lowest BCUT2D eigenvalue weighted by Crippen LogP contribution is -2.32. The first-order valence-corrected chi connectivity index (χ1v) is 19.1. The summed E-state index contributed by atoms with van der Waals surface area (Å²) in [4.78, 5) is 41.6. The Bertz CT molecular complexity index is 2230. The molecule has 0 bridgehead atoms. The van der Waals surface area contributed by atoms with Crippen molar-refractivity contribution in [3.63, 3.8) is 0 Å². The number of rotatable bonds is 10. The number of aryl methyl sites for hydroxylation is 1. The third-order valence-electron chi connectivity index (χ3n) is 9.86. The Morgan fingerprint density at radius 2 is 1.41 bits per heavy atom. The lowest BCUT2D eigenvalue weighted by molar-refractivity contribution is 0.0809. The van der Waals surface area contributed by atoms with Gasteiger partial charge in [-0.15, -0.1) is 11.3 Å². The van der Waals surface area contributed by atoms with Crippen LogP contribution in [0.25, 0.3) is 11.1 Å². The van der Waals surface area contributed by atoms with Gasteiger partial charge in [-0.3, -0.25) is 19.6 Å². The molecule has 2 atom stereocenters. The topological polar surface area (TPSA) is 105 Å². The highest BCUT2D eigenvalue weighted by molar-refractivity contribution is 7.11. The highest BCUT2D eigenvalue weighted by Crippen LogP contribution is 2.41. The van der Waals surface area contributed by atoms with E-state index in [0.29, 0.717) is 65.8 Å². The maximum Gasteiger partial charge on any atom is 0.260 e. The molecule has 2 amide bonds. The van der Waals surface area contributed by atoms with Gasteiger partial charge in [0.05, 0.1) is 54.9 Å². The maximum atomic E-state index is 13.8. The van der Waals surface area contributed by atoms with Gasteiger partial charge in [-0.2, -0.15) is 0 Å². The van der Waals surface area contributed by atoms with Gasteiger partial charge >= 0.3 is 0 Å². The van der Waals surface area contributed by atoms with E-state index in [1.807, 2.05) is 55.3 Å². The molecule has 3 aromatic carbocycles. The number of hydrogen-bond acceptors (Lipinski definition) is 9. The van der Waals surface area contributed by atoms with Gasteiger partial charge in [-0.25, -0.2) is 0 Å². The molecule has 4 aliphatic heterocycles. The molecule has 54 heavy (non-hydrogen) atoms. The fraction of sp³-hybridized carbons (Fsp3) is 0.302. The van der Waals surface area contributed by atoms with E-state index in [1.54, 1.807) is 40.4 Å². The normalized spacial score (nSPS) is 18.6. The second kappa shape index (κ2) is 14.3. The van der Waals surface area contributed by atoms with Crippen LogP contribution in [0.5, 0.6) is 17.2 Å². The van der Waals surface area contributed by atoms with Crippen LogP contribution in [0.3, 0.4) is 0 Å². The summed E-state index contributed by atoms with van der Waals surface area (Å²) < 4.78 is 17.9. The van der Waals surface area contributed by atoms with E-state index in [0.717, 1.165) is 39.3 Å². The monoisotopic (exact) mass is 741 g/mol.